The van der Waals surface area contributed by atoms with E-state index in [1.807, 2.05) is 48.7 Å². The van der Waals surface area contributed by atoms with Crippen molar-refractivity contribution in [3.05, 3.63) is 52.2 Å². The average molecular weight is 304 g/mol. The highest BCUT2D eigenvalue weighted by atomic mass is 32.1. The lowest BCUT2D eigenvalue weighted by Crippen LogP contribution is -2.42. The summed E-state index contributed by atoms with van der Waals surface area (Å²) in [5, 5.41) is 17.9. The Bertz CT molecular complexity index is 597. The molecule has 5 heteroatoms. The van der Waals surface area contributed by atoms with Crippen molar-refractivity contribution in [1.29, 1.82) is 0 Å². The Kier molecular flexibility index (Phi) is 5.12. The number of benzene rings is 1. The van der Waals surface area contributed by atoms with Crippen LogP contribution in [0, 0.1) is 0 Å². The lowest BCUT2D eigenvalue weighted by atomic mass is 9.93. The summed E-state index contributed by atoms with van der Waals surface area (Å²) in [6.45, 7) is 4.04. The molecule has 0 aliphatic rings. The highest BCUT2D eigenvalue weighted by molar-refractivity contribution is 7.10. The summed E-state index contributed by atoms with van der Waals surface area (Å²) >= 11 is 1.58. The van der Waals surface area contributed by atoms with Gasteiger partial charge in [0.1, 0.15) is 0 Å². The molecular formula is C16H20N2O2S. The molecule has 0 bridgehead atoms. The summed E-state index contributed by atoms with van der Waals surface area (Å²) in [7, 11) is 0. The van der Waals surface area contributed by atoms with Crippen molar-refractivity contribution in [2.45, 2.75) is 25.9 Å². The van der Waals surface area contributed by atoms with Gasteiger partial charge in [-0.05, 0) is 23.9 Å². The molecule has 2 rings (SSSR count). The molecule has 1 aromatic heterocycles. The number of carbonyl (C=O) groups is 1. The minimum Gasteiger partial charge on any atom is -0.394 e. The molecule has 1 heterocycles. The third-order valence-electron chi connectivity index (χ3n) is 3.42. The van der Waals surface area contributed by atoms with Gasteiger partial charge in [-0.15, -0.1) is 11.3 Å². The van der Waals surface area contributed by atoms with Gasteiger partial charge in [0.05, 0.1) is 17.8 Å². The molecule has 1 amide bonds. The number of thiophene rings is 1. The summed E-state index contributed by atoms with van der Waals surface area (Å²) in [5.41, 5.74) is 1.34. The first kappa shape index (κ1) is 15.7. The van der Waals surface area contributed by atoms with E-state index in [4.69, 9.17) is 0 Å². The molecule has 0 radical (unpaired) electrons. The molecule has 112 valence electrons. The first-order valence-corrected chi connectivity index (χ1v) is 7.68. The zero-order valence-electron chi connectivity index (χ0n) is 12.2. The highest BCUT2D eigenvalue weighted by Crippen LogP contribution is 2.25. The predicted molar refractivity (Wildman–Crippen MR) is 86.3 cm³/mol. The van der Waals surface area contributed by atoms with Crippen LogP contribution in [0.3, 0.4) is 0 Å². The Hall–Kier alpha value is -1.69. The number of carbonyl (C=O) groups excluding carboxylic acids is 1. The molecular weight excluding hydrogens is 284 g/mol. The molecule has 0 fully saturated rings. The number of nitrogens with one attached hydrogen (secondary N) is 2. The van der Waals surface area contributed by atoms with Gasteiger partial charge in [0.15, 0.2) is 0 Å². The van der Waals surface area contributed by atoms with Crippen molar-refractivity contribution >= 4 is 22.9 Å². The maximum absolute atomic E-state index is 11.2. The van der Waals surface area contributed by atoms with Crippen molar-refractivity contribution in [2.75, 3.05) is 11.9 Å². The average Bonchev–Trinajstić information content (AvgIpc) is 2.92. The Labute approximate surface area is 128 Å². The van der Waals surface area contributed by atoms with E-state index in [-0.39, 0.29) is 12.5 Å². The molecule has 0 aliphatic heterocycles. The van der Waals surface area contributed by atoms with Gasteiger partial charge in [-0.25, -0.2) is 0 Å². The van der Waals surface area contributed by atoms with Crippen LogP contribution in [0.1, 0.15) is 24.3 Å². The van der Waals surface area contributed by atoms with Crippen LogP contribution in [0.15, 0.2) is 41.8 Å². The van der Waals surface area contributed by atoms with E-state index in [1.54, 1.807) is 11.3 Å². The van der Waals surface area contributed by atoms with Gasteiger partial charge in [-0.2, -0.15) is 0 Å². The molecule has 0 spiro atoms. The zero-order valence-corrected chi connectivity index (χ0v) is 13.0. The standard InChI is InChI=1S/C16H20N2O2S/c1-12(20)18-14-8-9-21-15(14)10-17-16(2,11-19)13-6-4-3-5-7-13/h3-9,17,19H,10-11H2,1-2H3,(H,18,20). The number of hydrogen-bond donors (Lipinski definition) is 3. The van der Waals surface area contributed by atoms with Gasteiger partial charge in [0.2, 0.25) is 5.91 Å². The molecule has 0 saturated heterocycles. The Morgan fingerprint density at radius 2 is 2.00 bits per heavy atom. The quantitative estimate of drug-likeness (QED) is 0.769. The second-order valence-corrected chi connectivity index (χ2v) is 6.15. The number of rotatable bonds is 6. The second-order valence-electron chi connectivity index (χ2n) is 5.15. The van der Waals surface area contributed by atoms with Crippen LogP contribution in [-0.2, 0) is 16.9 Å². The fourth-order valence-electron chi connectivity index (χ4n) is 2.11. The molecule has 21 heavy (non-hydrogen) atoms. The number of hydrogen-bond acceptors (Lipinski definition) is 4. The van der Waals surface area contributed by atoms with Gasteiger partial charge < -0.3 is 15.7 Å². The minimum atomic E-state index is -0.515. The van der Waals surface area contributed by atoms with E-state index in [0.29, 0.717) is 6.54 Å². The van der Waals surface area contributed by atoms with Crippen LogP contribution >= 0.6 is 11.3 Å². The van der Waals surface area contributed by atoms with Gasteiger partial charge in [-0.1, -0.05) is 30.3 Å². The van der Waals surface area contributed by atoms with Crippen molar-refractivity contribution in [3.63, 3.8) is 0 Å². The Morgan fingerprint density at radius 1 is 1.29 bits per heavy atom. The highest BCUT2D eigenvalue weighted by Gasteiger charge is 2.25. The Balaban J connectivity index is 2.10. The third-order valence-corrected chi connectivity index (χ3v) is 4.34. The number of aliphatic hydroxyl groups excluding tert-OH is 1. The predicted octanol–water partition coefficient (Wildman–Crippen LogP) is 2.70. The van der Waals surface area contributed by atoms with Gasteiger partial charge in [0, 0.05) is 18.3 Å². The SMILES string of the molecule is CC(=O)Nc1ccsc1CNC(C)(CO)c1ccccc1. The summed E-state index contributed by atoms with van der Waals surface area (Å²) < 4.78 is 0. The molecule has 4 nitrogen and oxygen atoms in total. The van der Waals surface area contributed by atoms with Gasteiger partial charge >= 0.3 is 0 Å². The van der Waals surface area contributed by atoms with Crippen LogP contribution in [0.2, 0.25) is 0 Å². The van der Waals surface area contributed by atoms with E-state index < -0.39 is 5.54 Å². The van der Waals surface area contributed by atoms with Crippen LogP contribution in [0.25, 0.3) is 0 Å². The van der Waals surface area contributed by atoms with Crippen LogP contribution < -0.4 is 10.6 Å². The second kappa shape index (κ2) is 6.85. The topological polar surface area (TPSA) is 61.4 Å². The first-order chi connectivity index (χ1) is 10.0. The van der Waals surface area contributed by atoms with Crippen LogP contribution in [0.4, 0.5) is 5.69 Å². The van der Waals surface area contributed by atoms with Crippen molar-refractivity contribution in [3.8, 4) is 0 Å². The molecule has 1 atom stereocenters. The van der Waals surface area contributed by atoms with Crippen LogP contribution in [-0.4, -0.2) is 17.6 Å². The molecule has 0 aliphatic carbocycles. The summed E-state index contributed by atoms with van der Waals surface area (Å²) in [6, 6.07) is 11.7. The number of aliphatic hydroxyl groups is 1. The minimum absolute atomic E-state index is 0.00212. The Morgan fingerprint density at radius 3 is 2.62 bits per heavy atom. The smallest absolute Gasteiger partial charge is 0.221 e. The van der Waals surface area contributed by atoms with Crippen LogP contribution in [0.5, 0.6) is 0 Å². The lowest BCUT2D eigenvalue weighted by Gasteiger charge is -2.29. The number of anilines is 1. The maximum atomic E-state index is 11.2. The van der Waals surface area contributed by atoms with E-state index in [9.17, 15) is 9.90 Å². The largest absolute Gasteiger partial charge is 0.394 e. The monoisotopic (exact) mass is 304 g/mol. The third kappa shape index (κ3) is 3.91. The molecule has 1 aromatic carbocycles. The van der Waals surface area contributed by atoms with Crippen molar-refractivity contribution < 1.29 is 9.90 Å². The fraction of sp³-hybridized carbons (Fsp3) is 0.312. The molecule has 1 unspecified atom stereocenters. The number of amides is 1. The summed E-state index contributed by atoms with van der Waals surface area (Å²) in [4.78, 5) is 12.2. The van der Waals surface area contributed by atoms with E-state index in [1.165, 1.54) is 6.92 Å². The normalized spacial score (nSPS) is 13.7. The van der Waals surface area contributed by atoms with E-state index in [0.717, 1.165) is 16.1 Å². The van der Waals surface area contributed by atoms with Gasteiger partial charge in [0.25, 0.3) is 0 Å². The zero-order chi connectivity index (χ0) is 15.3. The first-order valence-electron chi connectivity index (χ1n) is 6.80. The van der Waals surface area contributed by atoms with Crippen molar-refractivity contribution in [2.24, 2.45) is 0 Å². The summed E-state index contributed by atoms with van der Waals surface area (Å²) in [5.74, 6) is -0.0809. The molecule has 0 saturated carbocycles. The van der Waals surface area contributed by atoms with E-state index >= 15 is 0 Å². The lowest BCUT2D eigenvalue weighted by molar-refractivity contribution is -0.114. The summed E-state index contributed by atoms with van der Waals surface area (Å²) in [6.07, 6.45) is 0. The van der Waals surface area contributed by atoms with E-state index in [2.05, 4.69) is 10.6 Å². The fourth-order valence-corrected chi connectivity index (χ4v) is 2.88. The molecule has 3 N–H and O–H groups in total. The van der Waals surface area contributed by atoms with Crippen molar-refractivity contribution in [1.82, 2.24) is 5.32 Å². The maximum Gasteiger partial charge on any atom is 0.221 e. The molecule has 2 aromatic rings. The van der Waals surface area contributed by atoms with Gasteiger partial charge in [-0.3, -0.25) is 4.79 Å².